The van der Waals surface area contributed by atoms with Gasteiger partial charge in [-0.1, -0.05) is 30.3 Å². The number of epoxide rings is 1. The first-order valence-electron chi connectivity index (χ1n) is 7.56. The number of amides is 1. The molecule has 4 rings (SSSR count). The maximum absolute atomic E-state index is 12.3. The quantitative estimate of drug-likeness (QED) is 0.681. The van der Waals surface area contributed by atoms with E-state index in [9.17, 15) is 19.8 Å². The van der Waals surface area contributed by atoms with Gasteiger partial charge in [-0.3, -0.25) is 9.59 Å². The minimum absolute atomic E-state index is 0.0280. The molecule has 8 nitrogen and oxygen atoms in total. The van der Waals surface area contributed by atoms with Crippen molar-refractivity contribution in [2.45, 2.75) is 18.3 Å². The van der Waals surface area contributed by atoms with Crippen molar-refractivity contribution >= 4 is 11.7 Å². The Morgan fingerprint density at radius 2 is 2.00 bits per heavy atom. The summed E-state index contributed by atoms with van der Waals surface area (Å²) >= 11 is 0. The van der Waals surface area contributed by atoms with Crippen LogP contribution in [0.3, 0.4) is 0 Å². The number of carbonyl (C=O) groups is 2. The fourth-order valence-corrected chi connectivity index (χ4v) is 2.66. The summed E-state index contributed by atoms with van der Waals surface area (Å²) in [7, 11) is 0. The molecule has 0 radical (unpaired) electrons. The predicted octanol–water partition coefficient (Wildman–Crippen LogP) is 0.174. The fraction of sp³-hybridized carbons (Fsp3) is 0.176. The third-order valence-corrected chi connectivity index (χ3v) is 4.04. The predicted molar refractivity (Wildman–Crippen MR) is 84.4 cm³/mol. The van der Waals surface area contributed by atoms with Crippen LogP contribution in [0.5, 0.6) is 5.88 Å². The van der Waals surface area contributed by atoms with Crippen molar-refractivity contribution in [3.05, 3.63) is 53.9 Å². The number of ketones is 1. The summed E-state index contributed by atoms with van der Waals surface area (Å²) in [6.45, 7) is 0. The Hall–Kier alpha value is -3.10. The van der Waals surface area contributed by atoms with Crippen LogP contribution >= 0.6 is 0 Å². The minimum Gasteiger partial charge on any atom is -0.493 e. The molecule has 2 aromatic rings. The molecule has 1 aliphatic heterocycles. The molecule has 3 unspecified atom stereocenters. The summed E-state index contributed by atoms with van der Waals surface area (Å²) in [6.07, 6.45) is -0.0324. The number of ether oxygens (including phenoxy) is 1. The summed E-state index contributed by atoms with van der Waals surface area (Å²) in [5.74, 6) is -1.26. The van der Waals surface area contributed by atoms with Crippen LogP contribution in [-0.2, 0) is 9.53 Å². The highest BCUT2D eigenvalue weighted by atomic mass is 16.6. The Balaban J connectivity index is 1.56. The molecule has 0 saturated carbocycles. The standard InChI is InChI=1S/C17H13N3O5/c21-11-6-10(12(22)14-13(11)25-14)19-16(23)9-7-18-15(20-17(9)24)8-4-2-1-3-5-8/h1-7,12-14,22H,(H,19,23)(H,18,20,24). The lowest BCUT2D eigenvalue weighted by molar-refractivity contribution is -0.116. The third-order valence-electron chi connectivity index (χ3n) is 4.04. The van der Waals surface area contributed by atoms with Gasteiger partial charge in [-0.05, 0) is 0 Å². The second-order valence-corrected chi connectivity index (χ2v) is 5.72. The Kier molecular flexibility index (Phi) is 3.56. The Bertz CT molecular complexity index is 896. The number of carbonyl (C=O) groups excluding carboxylic acids is 2. The zero-order chi connectivity index (χ0) is 17.6. The van der Waals surface area contributed by atoms with Crippen LogP contribution in [0, 0.1) is 0 Å². The Labute approximate surface area is 141 Å². The van der Waals surface area contributed by atoms with Crippen LogP contribution in [-0.4, -0.2) is 50.2 Å². The number of fused-ring (bicyclic) bond motifs is 1. The largest absolute Gasteiger partial charge is 0.493 e. The van der Waals surface area contributed by atoms with E-state index in [4.69, 9.17) is 4.74 Å². The van der Waals surface area contributed by atoms with Crippen molar-refractivity contribution in [2.24, 2.45) is 0 Å². The van der Waals surface area contributed by atoms with Gasteiger partial charge in [0.05, 0.1) is 5.70 Å². The molecular weight excluding hydrogens is 326 g/mol. The van der Waals surface area contributed by atoms with Crippen molar-refractivity contribution < 1.29 is 24.5 Å². The van der Waals surface area contributed by atoms with Gasteiger partial charge in [-0.15, -0.1) is 0 Å². The van der Waals surface area contributed by atoms with E-state index in [-0.39, 0.29) is 22.9 Å². The zero-order valence-corrected chi connectivity index (χ0v) is 12.8. The van der Waals surface area contributed by atoms with Crippen molar-refractivity contribution in [1.29, 1.82) is 0 Å². The second kappa shape index (κ2) is 5.76. The number of aromatic nitrogens is 2. The van der Waals surface area contributed by atoms with Crippen molar-refractivity contribution in [1.82, 2.24) is 15.3 Å². The SMILES string of the molecule is O=C(NC1=CC(=O)C2OC2C1O)c1cnc(-c2ccccc2)nc1O. The van der Waals surface area contributed by atoms with E-state index in [1.165, 1.54) is 6.20 Å². The topological polar surface area (TPSA) is 125 Å². The van der Waals surface area contributed by atoms with Crippen LogP contribution in [0.1, 0.15) is 10.4 Å². The molecule has 1 fully saturated rings. The fourth-order valence-electron chi connectivity index (χ4n) is 2.66. The van der Waals surface area contributed by atoms with Gasteiger partial charge in [0.2, 0.25) is 5.88 Å². The highest BCUT2D eigenvalue weighted by Gasteiger charge is 2.53. The van der Waals surface area contributed by atoms with E-state index in [1.807, 2.05) is 6.07 Å². The number of benzene rings is 1. The van der Waals surface area contributed by atoms with Crippen LogP contribution in [0.25, 0.3) is 11.4 Å². The van der Waals surface area contributed by atoms with Crippen LogP contribution in [0.15, 0.2) is 48.3 Å². The van der Waals surface area contributed by atoms with Gasteiger partial charge in [0.1, 0.15) is 23.9 Å². The molecule has 2 aliphatic rings. The lowest BCUT2D eigenvalue weighted by atomic mass is 10.0. The number of aliphatic hydroxyl groups is 1. The molecule has 1 amide bonds. The smallest absolute Gasteiger partial charge is 0.262 e. The van der Waals surface area contributed by atoms with Gasteiger partial charge in [-0.2, -0.15) is 4.98 Å². The van der Waals surface area contributed by atoms with Crippen molar-refractivity contribution in [2.75, 3.05) is 0 Å². The molecule has 3 N–H and O–H groups in total. The highest BCUT2D eigenvalue weighted by Crippen LogP contribution is 2.33. The minimum atomic E-state index is -1.10. The molecule has 1 saturated heterocycles. The Morgan fingerprint density at radius 1 is 1.24 bits per heavy atom. The van der Waals surface area contributed by atoms with Crippen molar-refractivity contribution in [3.63, 3.8) is 0 Å². The summed E-state index contributed by atoms with van der Waals surface area (Å²) < 4.78 is 5.03. The van der Waals surface area contributed by atoms with E-state index in [1.54, 1.807) is 24.3 Å². The first-order valence-corrected chi connectivity index (χ1v) is 7.56. The van der Waals surface area contributed by atoms with E-state index in [2.05, 4.69) is 15.3 Å². The number of hydrogen-bond acceptors (Lipinski definition) is 7. The maximum Gasteiger partial charge on any atom is 0.262 e. The third kappa shape index (κ3) is 2.77. The molecule has 1 aromatic heterocycles. The van der Waals surface area contributed by atoms with Gasteiger partial charge in [0.25, 0.3) is 5.91 Å². The lowest BCUT2D eigenvalue weighted by Gasteiger charge is -2.17. The van der Waals surface area contributed by atoms with Gasteiger partial charge < -0.3 is 20.3 Å². The normalized spacial score (nSPS) is 24.3. The number of nitrogens with zero attached hydrogens (tertiary/aromatic N) is 2. The number of aliphatic hydroxyl groups excluding tert-OH is 1. The molecule has 2 heterocycles. The number of hydrogen-bond donors (Lipinski definition) is 3. The van der Waals surface area contributed by atoms with Crippen LogP contribution in [0.2, 0.25) is 0 Å². The maximum atomic E-state index is 12.3. The second-order valence-electron chi connectivity index (χ2n) is 5.72. The van der Waals surface area contributed by atoms with E-state index in [0.29, 0.717) is 5.56 Å². The number of aromatic hydroxyl groups is 1. The molecule has 0 spiro atoms. The molecule has 0 bridgehead atoms. The van der Waals surface area contributed by atoms with Gasteiger partial charge >= 0.3 is 0 Å². The van der Waals surface area contributed by atoms with Crippen LogP contribution < -0.4 is 5.32 Å². The highest BCUT2D eigenvalue weighted by molar-refractivity contribution is 6.01. The molecule has 3 atom stereocenters. The van der Waals surface area contributed by atoms with Gasteiger partial charge in [-0.25, -0.2) is 4.98 Å². The van der Waals surface area contributed by atoms with Crippen LogP contribution in [0.4, 0.5) is 0 Å². The number of nitrogens with one attached hydrogen (secondary N) is 1. The zero-order valence-electron chi connectivity index (χ0n) is 12.8. The average molecular weight is 339 g/mol. The number of rotatable bonds is 3. The summed E-state index contributed by atoms with van der Waals surface area (Å²) in [6, 6.07) is 8.99. The summed E-state index contributed by atoms with van der Waals surface area (Å²) in [5, 5.41) is 22.4. The summed E-state index contributed by atoms with van der Waals surface area (Å²) in [4.78, 5) is 31.9. The molecule has 1 aliphatic carbocycles. The lowest BCUT2D eigenvalue weighted by Crippen LogP contribution is -2.37. The monoisotopic (exact) mass is 339 g/mol. The van der Waals surface area contributed by atoms with E-state index >= 15 is 0 Å². The van der Waals surface area contributed by atoms with E-state index in [0.717, 1.165) is 6.08 Å². The molecule has 126 valence electrons. The first-order chi connectivity index (χ1) is 12.0. The summed E-state index contributed by atoms with van der Waals surface area (Å²) in [5.41, 5.74) is 0.553. The molecule has 1 aromatic carbocycles. The molecule has 25 heavy (non-hydrogen) atoms. The van der Waals surface area contributed by atoms with Crippen molar-refractivity contribution in [3.8, 4) is 17.3 Å². The van der Waals surface area contributed by atoms with Gasteiger partial charge in [0.15, 0.2) is 11.6 Å². The van der Waals surface area contributed by atoms with E-state index < -0.39 is 30.1 Å². The molecular formula is C17H13N3O5. The first kappa shape index (κ1) is 15.4. The average Bonchev–Trinajstić information content (AvgIpc) is 3.41. The Morgan fingerprint density at radius 3 is 2.72 bits per heavy atom. The molecule has 8 heteroatoms. The van der Waals surface area contributed by atoms with Gasteiger partial charge in [0, 0.05) is 17.8 Å².